The second-order valence-electron chi connectivity index (χ2n) is 5.28. The van der Waals surface area contributed by atoms with Crippen molar-refractivity contribution in [2.45, 2.75) is 25.8 Å². The van der Waals surface area contributed by atoms with E-state index in [1.165, 1.54) is 7.05 Å². The van der Waals surface area contributed by atoms with Crippen LogP contribution in [0.2, 0.25) is 0 Å². The molecule has 0 aromatic heterocycles. The van der Waals surface area contributed by atoms with Gasteiger partial charge in [-0.05, 0) is 38.0 Å². The zero-order valence-corrected chi connectivity index (χ0v) is 12.6. The number of nitrogens with one attached hydrogen (secondary N) is 4. The highest BCUT2D eigenvalue weighted by atomic mass is 16.2. The van der Waals surface area contributed by atoms with Gasteiger partial charge in [0.15, 0.2) is 0 Å². The minimum Gasteiger partial charge on any atom is -0.374 e. The highest BCUT2D eigenvalue weighted by Gasteiger charge is 2.29. The molecule has 0 heterocycles. The fourth-order valence-electron chi connectivity index (χ4n) is 1.87. The van der Waals surface area contributed by atoms with Crippen molar-refractivity contribution in [3.05, 3.63) is 24.3 Å². The van der Waals surface area contributed by atoms with Crippen molar-refractivity contribution in [3.8, 4) is 0 Å². The number of carbonyl (C=O) groups excluding carboxylic acids is 3. The first-order chi connectivity index (χ1) is 10.5. The normalized spacial score (nSPS) is 14.6. The molecule has 7 heteroatoms. The van der Waals surface area contributed by atoms with Crippen molar-refractivity contribution >= 4 is 29.2 Å². The average Bonchev–Trinajstić information content (AvgIpc) is 3.32. The summed E-state index contributed by atoms with van der Waals surface area (Å²) in [5.41, 5.74) is 1.37. The summed E-state index contributed by atoms with van der Waals surface area (Å²) in [5.74, 6) is -0.275. The molecule has 4 amide bonds. The third-order valence-corrected chi connectivity index (χ3v) is 3.32. The number of benzene rings is 1. The van der Waals surface area contributed by atoms with E-state index in [1.807, 2.05) is 0 Å². The number of anilines is 2. The van der Waals surface area contributed by atoms with Crippen molar-refractivity contribution in [3.63, 3.8) is 0 Å². The Labute approximate surface area is 128 Å². The lowest BCUT2D eigenvalue weighted by Crippen LogP contribution is -2.44. The Morgan fingerprint density at radius 1 is 1.18 bits per heavy atom. The third kappa shape index (κ3) is 4.47. The summed E-state index contributed by atoms with van der Waals surface area (Å²) < 4.78 is 0. The largest absolute Gasteiger partial charge is 0.374 e. The Balaban J connectivity index is 1.92. The summed E-state index contributed by atoms with van der Waals surface area (Å²) in [6.07, 6.45) is 1.89. The fraction of sp³-hybridized carbons (Fsp3) is 0.400. The molecule has 0 bridgehead atoms. The maximum absolute atomic E-state index is 11.8. The molecule has 1 fully saturated rings. The van der Waals surface area contributed by atoms with Gasteiger partial charge in [-0.25, -0.2) is 4.79 Å². The van der Waals surface area contributed by atoms with Gasteiger partial charge in [-0.2, -0.15) is 0 Å². The molecule has 0 spiro atoms. The van der Waals surface area contributed by atoms with Gasteiger partial charge in [0.25, 0.3) is 0 Å². The summed E-state index contributed by atoms with van der Waals surface area (Å²) in [5, 5.41) is 10.3. The Kier molecular flexibility index (Phi) is 4.98. The predicted octanol–water partition coefficient (Wildman–Crippen LogP) is 1.29. The molecule has 1 unspecified atom stereocenters. The molecule has 0 saturated heterocycles. The van der Waals surface area contributed by atoms with Crippen LogP contribution in [0.15, 0.2) is 24.3 Å². The van der Waals surface area contributed by atoms with Gasteiger partial charge in [0.1, 0.15) is 6.04 Å². The van der Waals surface area contributed by atoms with E-state index in [0.29, 0.717) is 11.4 Å². The Hall–Kier alpha value is -2.57. The SMILES string of the molecule is CNC(=O)NC(=O)C(C)Nc1cccc(NC(=O)C2CC2)c1. The van der Waals surface area contributed by atoms with Crippen molar-refractivity contribution < 1.29 is 14.4 Å². The van der Waals surface area contributed by atoms with E-state index in [1.54, 1.807) is 31.2 Å². The molecule has 4 N–H and O–H groups in total. The van der Waals surface area contributed by atoms with Crippen LogP contribution in [0.25, 0.3) is 0 Å². The highest BCUT2D eigenvalue weighted by molar-refractivity contribution is 5.98. The number of rotatable bonds is 5. The Bertz CT molecular complexity index is 584. The van der Waals surface area contributed by atoms with E-state index in [2.05, 4.69) is 21.3 Å². The first kappa shape index (κ1) is 15.8. The minimum absolute atomic E-state index is 0.0301. The van der Waals surface area contributed by atoms with E-state index < -0.39 is 18.0 Å². The first-order valence-corrected chi connectivity index (χ1v) is 7.19. The Morgan fingerprint density at radius 2 is 1.86 bits per heavy atom. The van der Waals surface area contributed by atoms with E-state index in [-0.39, 0.29) is 11.8 Å². The van der Waals surface area contributed by atoms with Crippen LogP contribution < -0.4 is 21.3 Å². The second-order valence-corrected chi connectivity index (χ2v) is 5.28. The molecule has 118 valence electrons. The lowest BCUT2D eigenvalue weighted by atomic mass is 10.2. The van der Waals surface area contributed by atoms with Crippen LogP contribution in [0, 0.1) is 5.92 Å². The summed E-state index contributed by atoms with van der Waals surface area (Å²) in [7, 11) is 1.44. The standard InChI is InChI=1S/C15H20N4O3/c1-9(13(20)19-15(22)16-2)17-11-4-3-5-12(8-11)18-14(21)10-6-7-10/h3-5,8-10,17H,6-7H2,1-2H3,(H,18,21)(H2,16,19,20,22). The lowest BCUT2D eigenvalue weighted by Gasteiger charge is -2.15. The lowest BCUT2D eigenvalue weighted by molar-refractivity contribution is -0.120. The molecule has 7 nitrogen and oxygen atoms in total. The zero-order chi connectivity index (χ0) is 16.1. The molecule has 1 aliphatic rings. The van der Waals surface area contributed by atoms with Crippen LogP contribution in [0.3, 0.4) is 0 Å². The summed E-state index contributed by atoms with van der Waals surface area (Å²) in [6.45, 7) is 1.65. The van der Waals surface area contributed by atoms with Gasteiger partial charge in [0, 0.05) is 24.3 Å². The maximum atomic E-state index is 11.8. The minimum atomic E-state index is -0.591. The average molecular weight is 304 g/mol. The molecule has 1 aromatic rings. The Morgan fingerprint density at radius 3 is 2.50 bits per heavy atom. The summed E-state index contributed by atoms with van der Waals surface area (Å²) in [6, 6.07) is 5.98. The topological polar surface area (TPSA) is 99.3 Å². The number of carbonyl (C=O) groups is 3. The number of urea groups is 1. The van der Waals surface area contributed by atoms with Gasteiger partial charge in [0.2, 0.25) is 11.8 Å². The summed E-state index contributed by atoms with van der Waals surface area (Å²) in [4.78, 5) is 34.6. The number of imide groups is 1. The molecular formula is C15H20N4O3. The summed E-state index contributed by atoms with van der Waals surface area (Å²) >= 11 is 0. The van der Waals surface area contributed by atoms with Crippen LogP contribution in [0.5, 0.6) is 0 Å². The zero-order valence-electron chi connectivity index (χ0n) is 12.6. The van der Waals surface area contributed by atoms with Gasteiger partial charge in [-0.15, -0.1) is 0 Å². The van der Waals surface area contributed by atoms with Gasteiger partial charge in [0.05, 0.1) is 0 Å². The molecule has 0 aliphatic heterocycles. The van der Waals surface area contributed by atoms with Gasteiger partial charge >= 0.3 is 6.03 Å². The molecular weight excluding hydrogens is 284 g/mol. The van der Waals surface area contributed by atoms with Crippen molar-refractivity contribution in [1.82, 2.24) is 10.6 Å². The molecule has 1 aromatic carbocycles. The van der Waals surface area contributed by atoms with Gasteiger partial charge < -0.3 is 16.0 Å². The van der Waals surface area contributed by atoms with Crippen LogP contribution >= 0.6 is 0 Å². The molecule has 1 aliphatic carbocycles. The van der Waals surface area contributed by atoms with E-state index in [9.17, 15) is 14.4 Å². The van der Waals surface area contributed by atoms with Crippen molar-refractivity contribution in [1.29, 1.82) is 0 Å². The molecule has 1 saturated carbocycles. The van der Waals surface area contributed by atoms with Crippen LogP contribution in [-0.2, 0) is 9.59 Å². The van der Waals surface area contributed by atoms with E-state index in [4.69, 9.17) is 0 Å². The van der Waals surface area contributed by atoms with E-state index in [0.717, 1.165) is 12.8 Å². The monoisotopic (exact) mass is 304 g/mol. The smallest absolute Gasteiger partial charge is 0.321 e. The third-order valence-electron chi connectivity index (χ3n) is 3.32. The molecule has 0 radical (unpaired) electrons. The quantitative estimate of drug-likeness (QED) is 0.658. The van der Waals surface area contributed by atoms with Gasteiger partial charge in [-0.3, -0.25) is 14.9 Å². The highest BCUT2D eigenvalue weighted by Crippen LogP contribution is 2.30. The number of hydrogen-bond donors (Lipinski definition) is 4. The second kappa shape index (κ2) is 6.93. The van der Waals surface area contributed by atoms with Crippen molar-refractivity contribution in [2.24, 2.45) is 5.92 Å². The number of amides is 4. The first-order valence-electron chi connectivity index (χ1n) is 7.19. The molecule has 22 heavy (non-hydrogen) atoms. The molecule has 2 rings (SSSR count). The fourth-order valence-corrected chi connectivity index (χ4v) is 1.87. The van der Waals surface area contributed by atoms with Gasteiger partial charge in [-0.1, -0.05) is 6.07 Å². The van der Waals surface area contributed by atoms with Crippen molar-refractivity contribution in [2.75, 3.05) is 17.7 Å². The van der Waals surface area contributed by atoms with E-state index >= 15 is 0 Å². The number of hydrogen-bond acceptors (Lipinski definition) is 4. The molecule has 1 atom stereocenters. The van der Waals surface area contributed by atoms with Crippen LogP contribution in [-0.4, -0.2) is 30.9 Å². The maximum Gasteiger partial charge on any atom is 0.321 e. The van der Waals surface area contributed by atoms with Crippen LogP contribution in [0.1, 0.15) is 19.8 Å². The van der Waals surface area contributed by atoms with Crippen LogP contribution in [0.4, 0.5) is 16.2 Å². The predicted molar refractivity (Wildman–Crippen MR) is 83.5 cm³/mol.